The summed E-state index contributed by atoms with van der Waals surface area (Å²) >= 11 is 0. The van der Waals surface area contributed by atoms with Gasteiger partial charge in [0, 0.05) is 0 Å². The number of nitro groups is 1. The Morgan fingerprint density at radius 3 is 2.56 bits per heavy atom. The molecule has 1 heterocycles. The highest BCUT2D eigenvalue weighted by molar-refractivity contribution is 5.92. The molecule has 0 aliphatic carbocycles. The highest BCUT2D eigenvalue weighted by Gasteiger charge is 2.20. The highest BCUT2D eigenvalue weighted by Crippen LogP contribution is 2.37. The first-order valence-corrected chi connectivity index (χ1v) is 10.5. The lowest BCUT2D eigenvalue weighted by Gasteiger charge is -2.12. The van der Waals surface area contributed by atoms with E-state index in [1.807, 2.05) is 56.3 Å². The lowest BCUT2D eigenvalue weighted by atomic mass is 10.1. The minimum Gasteiger partial charge on any atom is -0.493 e. The highest BCUT2D eigenvalue weighted by atomic mass is 16.6. The van der Waals surface area contributed by atoms with Gasteiger partial charge in [-0.15, -0.1) is 0 Å². The molecule has 0 saturated carbocycles. The fraction of sp³-hybridized carbons (Fsp3) is 0.154. The number of nitro benzene ring substituents is 1. The van der Waals surface area contributed by atoms with Crippen molar-refractivity contribution in [3.05, 3.63) is 92.8 Å². The summed E-state index contributed by atoms with van der Waals surface area (Å²) in [5, 5.41) is 21.6. The number of nitriles is 1. The van der Waals surface area contributed by atoms with Crippen LogP contribution in [0.2, 0.25) is 0 Å². The molecule has 170 valence electrons. The van der Waals surface area contributed by atoms with Crippen molar-refractivity contribution in [2.75, 3.05) is 7.11 Å². The number of allylic oxidation sites excluding steroid dienone is 1. The zero-order valence-electron chi connectivity index (χ0n) is 19.0. The second kappa shape index (κ2) is 9.46. The molecule has 0 radical (unpaired) electrons. The standard InChI is InChI=1S/C26H22N4O4/c1-16-9-21-22(10-17(16)2)29-26(28-21)20(14-27)11-19-12-24(33-3)25(13-23(19)30(31)32)34-15-18-7-5-4-6-8-18/h4-13H,15H2,1-3H3,(H,28,29). The summed E-state index contributed by atoms with van der Waals surface area (Å²) in [5.74, 6) is 0.893. The van der Waals surface area contributed by atoms with Crippen LogP contribution in [0.5, 0.6) is 11.5 Å². The van der Waals surface area contributed by atoms with E-state index < -0.39 is 4.92 Å². The molecule has 4 rings (SSSR count). The van der Waals surface area contributed by atoms with Crippen LogP contribution in [-0.2, 0) is 6.61 Å². The van der Waals surface area contributed by atoms with Gasteiger partial charge in [0.25, 0.3) is 5.69 Å². The maximum absolute atomic E-state index is 11.8. The summed E-state index contributed by atoms with van der Waals surface area (Å²) in [6.07, 6.45) is 1.43. The first kappa shape index (κ1) is 22.6. The first-order chi connectivity index (χ1) is 16.4. The largest absolute Gasteiger partial charge is 0.493 e. The number of hydrogen-bond donors (Lipinski definition) is 1. The third-order valence-corrected chi connectivity index (χ3v) is 5.52. The number of H-pyrrole nitrogens is 1. The summed E-state index contributed by atoms with van der Waals surface area (Å²) < 4.78 is 11.2. The topological polar surface area (TPSA) is 114 Å². The molecule has 0 atom stereocenters. The van der Waals surface area contributed by atoms with E-state index in [0.717, 1.165) is 27.7 Å². The van der Waals surface area contributed by atoms with Gasteiger partial charge in [0.15, 0.2) is 11.5 Å². The molecular weight excluding hydrogens is 432 g/mol. The molecule has 1 aromatic heterocycles. The number of aromatic nitrogens is 2. The molecule has 0 aliphatic rings. The van der Waals surface area contributed by atoms with E-state index in [9.17, 15) is 15.4 Å². The molecule has 0 bridgehead atoms. The van der Waals surface area contributed by atoms with Crippen molar-refractivity contribution in [2.24, 2.45) is 0 Å². The van der Waals surface area contributed by atoms with Crippen molar-refractivity contribution < 1.29 is 14.4 Å². The van der Waals surface area contributed by atoms with Gasteiger partial charge in [0.1, 0.15) is 18.5 Å². The van der Waals surface area contributed by atoms with E-state index in [1.54, 1.807) is 0 Å². The average Bonchev–Trinajstić information content (AvgIpc) is 3.24. The van der Waals surface area contributed by atoms with E-state index in [4.69, 9.17) is 9.47 Å². The van der Waals surface area contributed by atoms with Gasteiger partial charge in [-0.1, -0.05) is 30.3 Å². The summed E-state index contributed by atoms with van der Waals surface area (Å²) in [4.78, 5) is 19.0. The molecule has 1 N–H and O–H groups in total. The fourth-order valence-corrected chi connectivity index (χ4v) is 3.55. The van der Waals surface area contributed by atoms with Gasteiger partial charge in [-0.3, -0.25) is 10.1 Å². The molecule has 0 fully saturated rings. The van der Waals surface area contributed by atoms with Crippen molar-refractivity contribution in [1.82, 2.24) is 9.97 Å². The summed E-state index contributed by atoms with van der Waals surface area (Å²) in [6.45, 7) is 4.21. The van der Waals surface area contributed by atoms with E-state index in [0.29, 0.717) is 11.6 Å². The molecule has 8 nitrogen and oxygen atoms in total. The Morgan fingerprint density at radius 2 is 1.88 bits per heavy atom. The van der Waals surface area contributed by atoms with Crippen molar-refractivity contribution in [1.29, 1.82) is 5.26 Å². The van der Waals surface area contributed by atoms with Crippen LogP contribution in [0.1, 0.15) is 28.1 Å². The normalized spacial score (nSPS) is 11.3. The molecular formula is C26H22N4O4. The predicted octanol–water partition coefficient (Wildman–Crippen LogP) is 5.74. The van der Waals surface area contributed by atoms with Gasteiger partial charge >= 0.3 is 0 Å². The van der Waals surface area contributed by atoms with Crippen molar-refractivity contribution >= 4 is 28.4 Å². The number of hydrogen-bond acceptors (Lipinski definition) is 6. The second-order valence-corrected chi connectivity index (χ2v) is 7.80. The minimum atomic E-state index is -0.513. The van der Waals surface area contributed by atoms with Gasteiger partial charge in [0.05, 0.1) is 40.3 Å². The molecule has 8 heteroatoms. The number of nitrogens with one attached hydrogen (secondary N) is 1. The maximum atomic E-state index is 11.8. The molecule has 3 aromatic carbocycles. The number of imidazole rings is 1. The molecule has 0 spiro atoms. The van der Waals surface area contributed by atoms with Crippen LogP contribution >= 0.6 is 0 Å². The Bertz CT molecular complexity index is 1410. The molecule has 0 aliphatic heterocycles. The van der Waals surface area contributed by atoms with Gasteiger partial charge in [-0.25, -0.2) is 4.98 Å². The number of ether oxygens (including phenoxy) is 2. The number of aryl methyl sites for hydroxylation is 2. The van der Waals surface area contributed by atoms with Crippen LogP contribution in [0.3, 0.4) is 0 Å². The maximum Gasteiger partial charge on any atom is 0.280 e. The Morgan fingerprint density at radius 1 is 1.15 bits per heavy atom. The summed E-state index contributed by atoms with van der Waals surface area (Å²) in [5.41, 5.74) is 4.76. The molecule has 4 aromatic rings. The number of rotatable bonds is 7. The van der Waals surface area contributed by atoms with E-state index in [2.05, 4.69) is 16.0 Å². The predicted molar refractivity (Wildman–Crippen MR) is 129 cm³/mol. The van der Waals surface area contributed by atoms with Crippen LogP contribution < -0.4 is 9.47 Å². The second-order valence-electron chi connectivity index (χ2n) is 7.80. The minimum absolute atomic E-state index is 0.162. The number of methoxy groups -OCH3 is 1. The quantitative estimate of drug-likeness (QED) is 0.216. The number of aromatic amines is 1. The number of nitrogens with zero attached hydrogens (tertiary/aromatic N) is 3. The third-order valence-electron chi connectivity index (χ3n) is 5.52. The molecule has 0 unspecified atom stereocenters. The molecule has 0 amide bonds. The summed E-state index contributed by atoms with van der Waals surface area (Å²) in [6, 6.07) is 18.3. The number of fused-ring (bicyclic) bond motifs is 1. The Balaban J connectivity index is 1.74. The lowest BCUT2D eigenvalue weighted by molar-refractivity contribution is -0.385. The van der Waals surface area contributed by atoms with Crippen LogP contribution in [0.25, 0.3) is 22.7 Å². The Kier molecular flexibility index (Phi) is 6.28. The summed E-state index contributed by atoms with van der Waals surface area (Å²) in [7, 11) is 1.46. The van der Waals surface area contributed by atoms with Crippen molar-refractivity contribution in [3.63, 3.8) is 0 Å². The van der Waals surface area contributed by atoms with Crippen LogP contribution in [0.4, 0.5) is 5.69 Å². The van der Waals surface area contributed by atoms with Crippen LogP contribution in [-0.4, -0.2) is 22.0 Å². The third kappa shape index (κ3) is 4.59. The van der Waals surface area contributed by atoms with E-state index in [-0.39, 0.29) is 29.2 Å². The van der Waals surface area contributed by atoms with Gasteiger partial charge < -0.3 is 14.5 Å². The van der Waals surface area contributed by atoms with E-state index in [1.165, 1.54) is 25.3 Å². The van der Waals surface area contributed by atoms with Crippen LogP contribution in [0.15, 0.2) is 54.6 Å². The Hall–Kier alpha value is -4.64. The number of benzene rings is 3. The van der Waals surface area contributed by atoms with Gasteiger partial charge in [-0.05, 0) is 54.8 Å². The SMILES string of the molecule is COc1cc(C=C(C#N)c2nc3cc(C)c(C)cc3[nH]2)c([N+](=O)[O-])cc1OCc1ccccc1. The van der Waals surface area contributed by atoms with Crippen molar-refractivity contribution in [2.45, 2.75) is 20.5 Å². The Labute approximate surface area is 196 Å². The zero-order chi connectivity index (χ0) is 24.2. The van der Waals surface area contributed by atoms with Crippen LogP contribution in [0, 0.1) is 35.3 Å². The average molecular weight is 454 g/mol. The fourth-order valence-electron chi connectivity index (χ4n) is 3.55. The lowest BCUT2D eigenvalue weighted by Crippen LogP contribution is -2.00. The smallest absolute Gasteiger partial charge is 0.280 e. The molecule has 0 saturated heterocycles. The molecule has 34 heavy (non-hydrogen) atoms. The van der Waals surface area contributed by atoms with Crippen molar-refractivity contribution in [3.8, 4) is 17.6 Å². The first-order valence-electron chi connectivity index (χ1n) is 10.5. The van der Waals surface area contributed by atoms with Gasteiger partial charge in [0.2, 0.25) is 0 Å². The monoisotopic (exact) mass is 454 g/mol. The van der Waals surface area contributed by atoms with E-state index >= 15 is 0 Å². The zero-order valence-corrected chi connectivity index (χ0v) is 19.0. The van der Waals surface area contributed by atoms with Gasteiger partial charge in [-0.2, -0.15) is 5.26 Å².